The maximum atomic E-state index is 13.2. The molecule has 6 nitrogen and oxygen atoms in total. The highest BCUT2D eigenvalue weighted by molar-refractivity contribution is 5.67. The predicted molar refractivity (Wildman–Crippen MR) is 94.8 cm³/mol. The molecule has 0 spiro atoms. The topological polar surface area (TPSA) is 80.7 Å². The van der Waals surface area contributed by atoms with Crippen LogP contribution in [-0.2, 0) is 24.1 Å². The number of amides is 1. The second kappa shape index (κ2) is 8.47. The number of ether oxygens (including phenoxy) is 2. The van der Waals surface area contributed by atoms with Crippen molar-refractivity contribution in [1.82, 2.24) is 10.3 Å². The third-order valence-corrected chi connectivity index (χ3v) is 3.29. The van der Waals surface area contributed by atoms with Gasteiger partial charge in [-0.05, 0) is 50.1 Å². The number of alkyl halides is 3. The highest BCUT2D eigenvalue weighted by Crippen LogP contribution is 2.31. The lowest BCUT2D eigenvalue weighted by Gasteiger charge is -2.20. The van der Waals surface area contributed by atoms with E-state index in [4.69, 9.17) is 14.6 Å². The molecular weight excluding hydrogens is 377 g/mol. The van der Waals surface area contributed by atoms with Gasteiger partial charge in [0.2, 0.25) is 5.88 Å². The Hall–Kier alpha value is -2.81. The quantitative estimate of drug-likeness (QED) is 0.780. The lowest BCUT2D eigenvalue weighted by atomic mass is 10.2. The van der Waals surface area contributed by atoms with Gasteiger partial charge in [0.1, 0.15) is 17.0 Å². The van der Waals surface area contributed by atoms with Crippen molar-refractivity contribution in [3.8, 4) is 11.6 Å². The van der Waals surface area contributed by atoms with Crippen molar-refractivity contribution in [3.05, 3.63) is 53.2 Å². The zero-order valence-corrected chi connectivity index (χ0v) is 15.6. The molecule has 1 amide bonds. The number of hydrogen-bond acceptors (Lipinski definition) is 5. The van der Waals surface area contributed by atoms with Crippen LogP contribution in [0.3, 0.4) is 0 Å². The summed E-state index contributed by atoms with van der Waals surface area (Å²) in [5, 5.41) is 11.6. The lowest BCUT2D eigenvalue weighted by molar-refractivity contribution is -0.141. The molecule has 0 aliphatic carbocycles. The van der Waals surface area contributed by atoms with Crippen LogP contribution in [0, 0.1) is 0 Å². The Bertz CT molecular complexity index is 833. The van der Waals surface area contributed by atoms with Crippen molar-refractivity contribution in [2.24, 2.45) is 0 Å². The normalized spacial score (nSPS) is 11.8. The van der Waals surface area contributed by atoms with E-state index in [0.717, 1.165) is 6.07 Å². The summed E-state index contributed by atoms with van der Waals surface area (Å²) in [6.45, 7) is 4.58. The summed E-state index contributed by atoms with van der Waals surface area (Å²) >= 11 is 0. The van der Waals surface area contributed by atoms with E-state index in [1.165, 1.54) is 18.2 Å². The molecule has 0 unspecified atom stereocenters. The van der Waals surface area contributed by atoms with Crippen LogP contribution in [0.5, 0.6) is 11.6 Å². The van der Waals surface area contributed by atoms with Crippen molar-refractivity contribution in [3.63, 3.8) is 0 Å². The highest BCUT2D eigenvalue weighted by atomic mass is 19.4. The number of pyridine rings is 1. The zero-order valence-electron chi connectivity index (χ0n) is 15.6. The van der Waals surface area contributed by atoms with Crippen LogP contribution in [-0.4, -0.2) is 21.8 Å². The summed E-state index contributed by atoms with van der Waals surface area (Å²) in [5.74, 6) is -0.0599. The average Bonchev–Trinajstić information content (AvgIpc) is 2.58. The third-order valence-electron chi connectivity index (χ3n) is 3.29. The number of rotatable bonds is 5. The first-order valence-electron chi connectivity index (χ1n) is 8.39. The van der Waals surface area contributed by atoms with E-state index in [0.29, 0.717) is 5.56 Å². The van der Waals surface area contributed by atoms with Crippen LogP contribution in [0.4, 0.5) is 18.0 Å². The van der Waals surface area contributed by atoms with E-state index < -0.39 is 23.6 Å². The Morgan fingerprint density at radius 3 is 2.46 bits per heavy atom. The van der Waals surface area contributed by atoms with Gasteiger partial charge in [0.05, 0.1) is 6.61 Å². The fraction of sp³-hybridized carbons (Fsp3) is 0.368. The Labute approximate surface area is 160 Å². The van der Waals surface area contributed by atoms with Gasteiger partial charge in [-0.25, -0.2) is 9.78 Å². The predicted octanol–water partition coefficient (Wildman–Crippen LogP) is 4.41. The average molecular weight is 398 g/mol. The summed E-state index contributed by atoms with van der Waals surface area (Å²) < 4.78 is 50.0. The van der Waals surface area contributed by atoms with Crippen LogP contribution in [0.2, 0.25) is 0 Å². The molecule has 152 valence electrons. The number of aromatic nitrogens is 1. The smallest absolute Gasteiger partial charge is 0.433 e. The van der Waals surface area contributed by atoms with Gasteiger partial charge < -0.3 is 19.9 Å². The number of aliphatic hydroxyl groups excluding tert-OH is 1. The molecule has 0 aliphatic heterocycles. The van der Waals surface area contributed by atoms with Gasteiger partial charge in [-0.15, -0.1) is 0 Å². The first-order chi connectivity index (χ1) is 13.0. The summed E-state index contributed by atoms with van der Waals surface area (Å²) in [4.78, 5) is 15.2. The first-order valence-corrected chi connectivity index (χ1v) is 8.39. The van der Waals surface area contributed by atoms with Crippen LogP contribution in [0.1, 0.15) is 37.6 Å². The molecule has 0 aliphatic rings. The molecule has 0 saturated heterocycles. The van der Waals surface area contributed by atoms with Gasteiger partial charge in [0.25, 0.3) is 0 Å². The van der Waals surface area contributed by atoms with E-state index in [1.54, 1.807) is 32.9 Å². The maximum Gasteiger partial charge on any atom is 0.433 e. The van der Waals surface area contributed by atoms with Gasteiger partial charge in [-0.3, -0.25) is 0 Å². The standard InChI is InChI=1S/C19H21F3N2O4/c1-18(2,3)28-17(26)23-10-13-8-15(19(20,21)22)24-16(9-13)27-14-6-4-5-12(7-14)11-25/h4-9,25H,10-11H2,1-3H3,(H,23,26). The van der Waals surface area contributed by atoms with Crippen LogP contribution in [0.25, 0.3) is 0 Å². The number of nitrogens with zero attached hydrogens (tertiary/aromatic N) is 1. The van der Waals surface area contributed by atoms with Gasteiger partial charge in [0, 0.05) is 12.6 Å². The molecule has 28 heavy (non-hydrogen) atoms. The summed E-state index contributed by atoms with van der Waals surface area (Å²) in [6.07, 6.45) is -5.44. The number of halogens is 3. The SMILES string of the molecule is CC(C)(C)OC(=O)NCc1cc(Oc2cccc(CO)c2)nc(C(F)(F)F)c1. The van der Waals surface area contributed by atoms with Crippen molar-refractivity contribution in [1.29, 1.82) is 0 Å². The number of alkyl carbamates (subject to hydrolysis) is 1. The minimum Gasteiger partial charge on any atom is -0.444 e. The van der Waals surface area contributed by atoms with Gasteiger partial charge >= 0.3 is 12.3 Å². The maximum absolute atomic E-state index is 13.2. The Balaban J connectivity index is 2.23. The molecule has 0 fully saturated rings. The second-order valence-corrected chi connectivity index (χ2v) is 6.96. The number of nitrogens with one attached hydrogen (secondary N) is 1. The molecule has 0 bridgehead atoms. The third kappa shape index (κ3) is 6.73. The van der Waals surface area contributed by atoms with Crippen molar-refractivity contribution >= 4 is 6.09 Å². The lowest BCUT2D eigenvalue weighted by Crippen LogP contribution is -2.32. The summed E-state index contributed by atoms with van der Waals surface area (Å²) in [7, 11) is 0. The van der Waals surface area contributed by atoms with Gasteiger partial charge in [-0.2, -0.15) is 13.2 Å². The van der Waals surface area contributed by atoms with E-state index in [9.17, 15) is 18.0 Å². The van der Waals surface area contributed by atoms with Crippen LogP contribution in [0.15, 0.2) is 36.4 Å². The molecule has 2 N–H and O–H groups in total. The highest BCUT2D eigenvalue weighted by Gasteiger charge is 2.33. The number of benzene rings is 1. The fourth-order valence-electron chi connectivity index (χ4n) is 2.18. The number of carbonyl (C=O) groups is 1. The molecule has 1 aromatic heterocycles. The minimum absolute atomic E-state index is 0.140. The molecular formula is C19H21F3N2O4. The Morgan fingerprint density at radius 2 is 1.86 bits per heavy atom. The van der Waals surface area contributed by atoms with Crippen LogP contribution >= 0.6 is 0 Å². The van der Waals surface area contributed by atoms with Gasteiger partial charge in [0.15, 0.2) is 0 Å². The van der Waals surface area contributed by atoms with Crippen molar-refractivity contribution in [2.45, 2.75) is 45.7 Å². The minimum atomic E-state index is -4.69. The van der Waals surface area contributed by atoms with E-state index >= 15 is 0 Å². The van der Waals surface area contributed by atoms with E-state index in [1.807, 2.05) is 0 Å². The molecule has 0 radical (unpaired) electrons. The van der Waals surface area contributed by atoms with Gasteiger partial charge in [-0.1, -0.05) is 12.1 Å². The molecule has 0 saturated carbocycles. The molecule has 1 heterocycles. The monoisotopic (exact) mass is 398 g/mol. The van der Waals surface area contributed by atoms with Crippen molar-refractivity contribution < 1.29 is 32.5 Å². The summed E-state index contributed by atoms with van der Waals surface area (Å²) in [5.41, 5.74) is -1.20. The number of aliphatic hydroxyl groups is 1. The fourth-order valence-corrected chi connectivity index (χ4v) is 2.18. The first kappa shape index (κ1) is 21.5. The Morgan fingerprint density at radius 1 is 1.14 bits per heavy atom. The zero-order chi connectivity index (χ0) is 20.9. The van der Waals surface area contributed by atoms with E-state index in [2.05, 4.69) is 10.3 Å². The Kier molecular flexibility index (Phi) is 6.50. The largest absolute Gasteiger partial charge is 0.444 e. The number of carbonyl (C=O) groups excluding carboxylic acids is 1. The number of hydrogen-bond donors (Lipinski definition) is 2. The van der Waals surface area contributed by atoms with E-state index in [-0.39, 0.29) is 30.3 Å². The van der Waals surface area contributed by atoms with Crippen molar-refractivity contribution in [2.75, 3.05) is 0 Å². The molecule has 2 aromatic rings. The second-order valence-electron chi connectivity index (χ2n) is 6.96. The van der Waals surface area contributed by atoms with Crippen LogP contribution < -0.4 is 10.1 Å². The molecule has 9 heteroatoms. The molecule has 1 aromatic carbocycles. The summed E-state index contributed by atoms with van der Waals surface area (Å²) in [6, 6.07) is 8.37. The molecule has 2 rings (SSSR count). The molecule has 0 atom stereocenters.